The quantitative estimate of drug-likeness (QED) is 0.752. The number of ether oxygens (including phenoxy) is 3. The summed E-state index contributed by atoms with van der Waals surface area (Å²) in [7, 11) is -3.81. The summed E-state index contributed by atoms with van der Waals surface area (Å²) in [4.78, 5) is 0.171. The van der Waals surface area contributed by atoms with E-state index >= 15 is 0 Å². The van der Waals surface area contributed by atoms with E-state index in [9.17, 15) is 8.42 Å². The highest BCUT2D eigenvalue weighted by atomic mass is 32.2. The number of hydrogen-bond donors (Lipinski definition) is 0. The van der Waals surface area contributed by atoms with Crippen LogP contribution in [0, 0.1) is 6.92 Å². The van der Waals surface area contributed by atoms with Crippen molar-refractivity contribution in [2.24, 2.45) is 0 Å². The van der Waals surface area contributed by atoms with E-state index in [-0.39, 0.29) is 22.4 Å². The lowest BCUT2D eigenvalue weighted by Gasteiger charge is -2.25. The Kier molecular flexibility index (Phi) is 4.15. The Bertz CT molecular complexity index is 668. The topological polar surface area (TPSA) is 71.1 Å². The summed E-state index contributed by atoms with van der Waals surface area (Å²) in [6, 6.07) is 6.65. The fourth-order valence-corrected chi connectivity index (χ4v) is 5.76. The van der Waals surface area contributed by atoms with Crippen molar-refractivity contribution in [3.63, 3.8) is 0 Å². The van der Waals surface area contributed by atoms with Crippen molar-refractivity contribution in [2.75, 3.05) is 19.0 Å². The Hall–Kier alpha value is -0.640. The highest BCUT2D eigenvalue weighted by molar-refractivity contribution is 8.00. The van der Waals surface area contributed by atoms with Gasteiger partial charge in [-0.15, -0.1) is 11.8 Å². The number of hydrogen-bond acceptors (Lipinski definition) is 7. The molecule has 0 aliphatic carbocycles. The molecular formula is C15H18O6S2. The molecule has 3 aliphatic rings. The first-order valence-corrected chi connectivity index (χ1v) is 10.0. The first-order valence-electron chi connectivity index (χ1n) is 7.55. The van der Waals surface area contributed by atoms with Gasteiger partial charge < -0.3 is 14.2 Å². The van der Waals surface area contributed by atoms with E-state index in [4.69, 9.17) is 18.4 Å². The van der Waals surface area contributed by atoms with Crippen LogP contribution in [0.15, 0.2) is 29.2 Å². The lowest BCUT2D eigenvalue weighted by Crippen LogP contribution is -2.38. The van der Waals surface area contributed by atoms with E-state index < -0.39 is 22.5 Å². The van der Waals surface area contributed by atoms with Crippen molar-refractivity contribution in [1.29, 1.82) is 0 Å². The summed E-state index contributed by atoms with van der Waals surface area (Å²) < 4.78 is 47.4. The molecule has 4 rings (SSSR count). The molecule has 23 heavy (non-hydrogen) atoms. The highest BCUT2D eigenvalue weighted by Crippen LogP contribution is 2.45. The van der Waals surface area contributed by atoms with E-state index in [1.807, 2.05) is 6.92 Å². The molecule has 3 heterocycles. The molecule has 2 bridgehead atoms. The molecule has 8 heteroatoms. The van der Waals surface area contributed by atoms with Gasteiger partial charge in [0.2, 0.25) is 0 Å². The average Bonchev–Trinajstić information content (AvgIpc) is 3.24. The second-order valence-electron chi connectivity index (χ2n) is 5.88. The van der Waals surface area contributed by atoms with Gasteiger partial charge in [-0.05, 0) is 19.1 Å². The Morgan fingerprint density at radius 1 is 1.17 bits per heavy atom. The van der Waals surface area contributed by atoms with Crippen LogP contribution in [0.25, 0.3) is 0 Å². The van der Waals surface area contributed by atoms with Gasteiger partial charge in [-0.3, -0.25) is 4.18 Å². The predicted octanol–water partition coefficient (Wildman–Crippen LogP) is 1.32. The summed E-state index contributed by atoms with van der Waals surface area (Å²) in [6.45, 7) is 2.99. The van der Waals surface area contributed by atoms with Crippen molar-refractivity contribution >= 4 is 21.9 Å². The average molecular weight is 358 g/mol. The Morgan fingerprint density at radius 3 is 2.57 bits per heavy atom. The number of fused-ring (bicyclic) bond motifs is 2. The lowest BCUT2D eigenvalue weighted by molar-refractivity contribution is -0.136. The number of rotatable bonds is 4. The molecule has 0 spiro atoms. The molecule has 3 aliphatic heterocycles. The third-order valence-corrected chi connectivity index (χ3v) is 7.03. The Morgan fingerprint density at radius 2 is 1.87 bits per heavy atom. The minimum atomic E-state index is -3.81. The normalized spacial score (nSPS) is 34.3. The molecule has 0 amide bonds. The maximum atomic E-state index is 12.5. The van der Waals surface area contributed by atoms with Gasteiger partial charge in [0.1, 0.15) is 12.2 Å². The van der Waals surface area contributed by atoms with Crippen LogP contribution in [0.2, 0.25) is 0 Å². The van der Waals surface area contributed by atoms with Gasteiger partial charge in [0.25, 0.3) is 10.1 Å². The highest BCUT2D eigenvalue weighted by Gasteiger charge is 2.56. The molecule has 6 nitrogen and oxygen atoms in total. The van der Waals surface area contributed by atoms with Crippen LogP contribution in [0.4, 0.5) is 0 Å². The minimum absolute atomic E-state index is 0.0941. The number of thioether (sulfide) groups is 1. The summed E-state index contributed by atoms with van der Waals surface area (Å²) >= 11 is 1.66. The van der Waals surface area contributed by atoms with Gasteiger partial charge in [0.05, 0.1) is 29.5 Å². The fraction of sp³-hybridized carbons (Fsp3) is 0.600. The molecule has 3 saturated heterocycles. The van der Waals surface area contributed by atoms with Crippen LogP contribution in [0.3, 0.4) is 0 Å². The smallest absolute Gasteiger partial charge is 0.297 e. The molecule has 0 unspecified atom stereocenters. The standard InChI is InChI=1S/C15H18O6S2/c1-9-2-4-10(5-3-9)23(16,17)21-12-11-8-22-14(12)13(20-11)15-18-6-7-19-15/h2-5,11-15H,6-8H2,1H3/t11-,12+,13+,14+/m0/s1. The van der Waals surface area contributed by atoms with Crippen molar-refractivity contribution in [2.45, 2.75) is 41.7 Å². The number of aryl methyl sites for hydroxylation is 1. The molecule has 1 aromatic rings. The van der Waals surface area contributed by atoms with Gasteiger partial charge in [-0.25, -0.2) is 0 Å². The maximum Gasteiger partial charge on any atom is 0.297 e. The molecule has 0 saturated carbocycles. The monoisotopic (exact) mass is 358 g/mol. The molecule has 0 radical (unpaired) electrons. The number of benzene rings is 1. The zero-order valence-electron chi connectivity index (χ0n) is 12.6. The first-order chi connectivity index (χ1) is 11.0. The second-order valence-corrected chi connectivity index (χ2v) is 8.66. The third-order valence-electron chi connectivity index (χ3n) is 4.26. The van der Waals surface area contributed by atoms with Gasteiger partial charge in [-0.1, -0.05) is 17.7 Å². The second kappa shape index (κ2) is 6.02. The molecule has 0 N–H and O–H groups in total. The van der Waals surface area contributed by atoms with Crippen LogP contribution in [-0.2, 0) is 28.5 Å². The van der Waals surface area contributed by atoms with Crippen LogP contribution >= 0.6 is 11.8 Å². The molecular weight excluding hydrogens is 340 g/mol. The van der Waals surface area contributed by atoms with Gasteiger partial charge in [-0.2, -0.15) is 8.42 Å². The van der Waals surface area contributed by atoms with E-state index in [1.54, 1.807) is 36.0 Å². The van der Waals surface area contributed by atoms with E-state index in [1.165, 1.54) is 0 Å². The third kappa shape index (κ3) is 2.92. The van der Waals surface area contributed by atoms with Crippen molar-refractivity contribution in [3.05, 3.63) is 29.8 Å². The van der Waals surface area contributed by atoms with Crippen molar-refractivity contribution in [3.8, 4) is 0 Å². The van der Waals surface area contributed by atoms with E-state index in [0.29, 0.717) is 13.2 Å². The van der Waals surface area contributed by atoms with E-state index in [2.05, 4.69) is 0 Å². The summed E-state index contributed by atoms with van der Waals surface area (Å²) in [5.41, 5.74) is 0.999. The van der Waals surface area contributed by atoms with Crippen LogP contribution in [-0.4, -0.2) is 57.2 Å². The zero-order chi connectivity index (χ0) is 16.0. The lowest BCUT2D eigenvalue weighted by atomic mass is 10.1. The molecule has 4 atom stereocenters. The maximum absolute atomic E-state index is 12.5. The predicted molar refractivity (Wildman–Crippen MR) is 83.8 cm³/mol. The summed E-state index contributed by atoms with van der Waals surface area (Å²) in [6.07, 6.45) is -1.45. The molecule has 126 valence electrons. The summed E-state index contributed by atoms with van der Waals surface area (Å²) in [5, 5.41) is -0.0941. The first kappa shape index (κ1) is 15.9. The van der Waals surface area contributed by atoms with Gasteiger partial charge in [0, 0.05) is 5.75 Å². The molecule has 3 fully saturated rings. The SMILES string of the molecule is Cc1ccc(S(=O)(=O)O[C@H]2[C@H]3SC[C@@H]2O[C@H]3C2OCCO2)cc1. The molecule has 0 aromatic heterocycles. The van der Waals surface area contributed by atoms with Crippen molar-refractivity contribution < 1.29 is 26.8 Å². The minimum Gasteiger partial charge on any atom is -0.365 e. The zero-order valence-corrected chi connectivity index (χ0v) is 14.2. The summed E-state index contributed by atoms with van der Waals surface area (Å²) in [5.74, 6) is 0.724. The van der Waals surface area contributed by atoms with Gasteiger partial charge >= 0.3 is 0 Å². The van der Waals surface area contributed by atoms with Crippen LogP contribution in [0.5, 0.6) is 0 Å². The Labute approximate surface area is 139 Å². The van der Waals surface area contributed by atoms with Gasteiger partial charge in [0.15, 0.2) is 6.29 Å². The molecule has 1 aromatic carbocycles. The fourth-order valence-electron chi connectivity index (χ4n) is 3.09. The van der Waals surface area contributed by atoms with Crippen LogP contribution < -0.4 is 0 Å². The largest absolute Gasteiger partial charge is 0.365 e. The van der Waals surface area contributed by atoms with Crippen molar-refractivity contribution in [1.82, 2.24) is 0 Å². The van der Waals surface area contributed by atoms with E-state index in [0.717, 1.165) is 11.3 Å². The Balaban J connectivity index is 1.51. The van der Waals surface area contributed by atoms with Crippen LogP contribution in [0.1, 0.15) is 5.56 Å².